The van der Waals surface area contributed by atoms with Crippen molar-refractivity contribution in [2.45, 2.75) is 24.6 Å². The maximum absolute atomic E-state index is 6.04. The number of aliphatic imine (C=N–C) groups is 1. The highest BCUT2D eigenvalue weighted by Crippen LogP contribution is 2.25. The lowest BCUT2D eigenvalue weighted by Crippen LogP contribution is -2.39. The fourth-order valence-corrected chi connectivity index (χ4v) is 3.70. The number of guanidine groups is 1. The Kier molecular flexibility index (Phi) is 6.51. The highest BCUT2D eigenvalue weighted by atomic mass is 35.5. The summed E-state index contributed by atoms with van der Waals surface area (Å²) in [7, 11) is 3.45. The largest absolute Gasteiger partial charge is 0.496 e. The topological polar surface area (TPSA) is 45.7 Å². The van der Waals surface area contributed by atoms with Gasteiger partial charge >= 0.3 is 0 Å². The van der Waals surface area contributed by atoms with Gasteiger partial charge in [0.1, 0.15) is 5.75 Å². The highest BCUT2D eigenvalue weighted by molar-refractivity contribution is 8.00. The average Bonchev–Trinajstić information content (AvgIpc) is 3.01. The Morgan fingerprint density at radius 3 is 3.00 bits per heavy atom. The van der Waals surface area contributed by atoms with Crippen molar-refractivity contribution in [3.05, 3.63) is 28.8 Å². The van der Waals surface area contributed by atoms with E-state index in [1.54, 1.807) is 14.2 Å². The van der Waals surface area contributed by atoms with Gasteiger partial charge < -0.3 is 15.4 Å². The molecule has 0 aromatic heterocycles. The van der Waals surface area contributed by atoms with E-state index in [1.807, 2.05) is 30.0 Å². The molecule has 1 atom stereocenters. The van der Waals surface area contributed by atoms with Crippen LogP contribution in [-0.2, 0) is 6.54 Å². The lowest BCUT2D eigenvalue weighted by molar-refractivity contribution is 0.409. The predicted molar refractivity (Wildman–Crippen MR) is 91.7 cm³/mol. The summed E-state index contributed by atoms with van der Waals surface area (Å²) < 4.78 is 5.35. The molecule has 6 heteroatoms. The number of thioether (sulfide) groups is 1. The zero-order chi connectivity index (χ0) is 15.1. The molecule has 4 nitrogen and oxygen atoms in total. The van der Waals surface area contributed by atoms with Gasteiger partial charge in [0, 0.05) is 36.0 Å². The number of hydrogen-bond donors (Lipinski definition) is 2. The zero-order valence-corrected chi connectivity index (χ0v) is 14.1. The van der Waals surface area contributed by atoms with Crippen molar-refractivity contribution in [2.24, 2.45) is 4.99 Å². The molecule has 1 aliphatic heterocycles. The number of benzene rings is 1. The van der Waals surface area contributed by atoms with Gasteiger partial charge in [0.15, 0.2) is 5.96 Å². The average molecular weight is 328 g/mol. The standard InChI is InChI=1S/C15H22ClN3OS/c1-17-15(19-10-13-4-3-7-21-13)18-9-11-8-12(16)5-6-14(11)20-2/h5-6,8,13H,3-4,7,9-10H2,1-2H3,(H2,17,18,19). The molecule has 1 heterocycles. The van der Waals surface area contributed by atoms with E-state index in [2.05, 4.69) is 15.6 Å². The molecule has 2 rings (SSSR count). The Hall–Kier alpha value is -1.07. The minimum atomic E-state index is 0.626. The normalized spacial score (nSPS) is 18.6. The summed E-state index contributed by atoms with van der Waals surface area (Å²) in [6, 6.07) is 5.62. The van der Waals surface area contributed by atoms with E-state index in [4.69, 9.17) is 16.3 Å². The molecule has 1 unspecified atom stereocenters. The molecular formula is C15H22ClN3OS. The molecule has 0 amide bonds. The zero-order valence-electron chi connectivity index (χ0n) is 12.5. The molecule has 0 aliphatic carbocycles. The van der Waals surface area contributed by atoms with E-state index < -0.39 is 0 Å². The SMILES string of the molecule is CN=C(NCc1cc(Cl)ccc1OC)NCC1CCCS1. The third-order valence-electron chi connectivity index (χ3n) is 3.43. The first-order valence-electron chi connectivity index (χ1n) is 7.11. The number of rotatable bonds is 5. The van der Waals surface area contributed by atoms with Gasteiger partial charge in [-0.2, -0.15) is 11.8 Å². The third kappa shape index (κ3) is 5.00. The molecule has 0 saturated carbocycles. The van der Waals surface area contributed by atoms with Crippen molar-refractivity contribution < 1.29 is 4.74 Å². The van der Waals surface area contributed by atoms with Crippen LogP contribution in [0, 0.1) is 0 Å². The summed E-state index contributed by atoms with van der Waals surface area (Å²) in [5.74, 6) is 2.91. The quantitative estimate of drug-likeness (QED) is 0.645. The maximum atomic E-state index is 6.04. The van der Waals surface area contributed by atoms with Gasteiger partial charge in [0.05, 0.1) is 7.11 Å². The van der Waals surface area contributed by atoms with Gasteiger partial charge in [-0.3, -0.25) is 4.99 Å². The van der Waals surface area contributed by atoms with Crippen molar-refractivity contribution in [3.63, 3.8) is 0 Å². The minimum Gasteiger partial charge on any atom is -0.496 e. The summed E-state index contributed by atoms with van der Waals surface area (Å²) in [6.07, 6.45) is 2.61. The van der Waals surface area contributed by atoms with Crippen LogP contribution >= 0.6 is 23.4 Å². The molecule has 21 heavy (non-hydrogen) atoms. The van der Waals surface area contributed by atoms with E-state index in [9.17, 15) is 0 Å². The Morgan fingerprint density at radius 1 is 1.48 bits per heavy atom. The van der Waals surface area contributed by atoms with E-state index in [-0.39, 0.29) is 0 Å². The summed E-state index contributed by atoms with van der Waals surface area (Å²) in [5.41, 5.74) is 1.02. The smallest absolute Gasteiger partial charge is 0.191 e. The van der Waals surface area contributed by atoms with Gasteiger partial charge in [-0.15, -0.1) is 0 Å². The van der Waals surface area contributed by atoms with Crippen LogP contribution in [0.15, 0.2) is 23.2 Å². The highest BCUT2D eigenvalue weighted by Gasteiger charge is 2.15. The molecule has 1 aliphatic rings. The van der Waals surface area contributed by atoms with E-state index in [0.717, 1.165) is 23.8 Å². The van der Waals surface area contributed by atoms with Crippen LogP contribution in [0.4, 0.5) is 0 Å². The monoisotopic (exact) mass is 327 g/mol. The van der Waals surface area contributed by atoms with Crippen LogP contribution < -0.4 is 15.4 Å². The lowest BCUT2D eigenvalue weighted by atomic mass is 10.2. The van der Waals surface area contributed by atoms with E-state index >= 15 is 0 Å². The van der Waals surface area contributed by atoms with Crippen molar-refractivity contribution in [1.82, 2.24) is 10.6 Å². The molecule has 2 N–H and O–H groups in total. The van der Waals surface area contributed by atoms with E-state index in [0.29, 0.717) is 16.8 Å². The van der Waals surface area contributed by atoms with Gasteiger partial charge in [0.25, 0.3) is 0 Å². The molecule has 0 radical (unpaired) electrons. The Labute approximate surface area is 135 Å². The van der Waals surface area contributed by atoms with E-state index in [1.165, 1.54) is 18.6 Å². The molecule has 1 aromatic rings. The summed E-state index contributed by atoms with van der Waals surface area (Å²) in [6.45, 7) is 1.58. The number of halogens is 1. The second-order valence-corrected chi connectivity index (χ2v) is 6.74. The first-order chi connectivity index (χ1) is 10.2. The molecule has 1 saturated heterocycles. The van der Waals surface area contributed by atoms with Crippen LogP contribution in [-0.4, -0.2) is 37.7 Å². The summed E-state index contributed by atoms with van der Waals surface area (Å²) in [5, 5.41) is 8.09. The molecule has 1 fully saturated rings. The Morgan fingerprint density at radius 2 is 2.33 bits per heavy atom. The molecule has 0 spiro atoms. The Bertz CT molecular complexity index is 490. The van der Waals surface area contributed by atoms with Gasteiger partial charge in [0.2, 0.25) is 0 Å². The lowest BCUT2D eigenvalue weighted by Gasteiger charge is -2.16. The van der Waals surface area contributed by atoms with Crippen LogP contribution in [0.1, 0.15) is 18.4 Å². The number of hydrogen-bond acceptors (Lipinski definition) is 3. The molecular weight excluding hydrogens is 306 g/mol. The van der Waals surface area contributed by atoms with Gasteiger partial charge in [-0.05, 0) is 36.8 Å². The molecule has 116 valence electrons. The number of ether oxygens (including phenoxy) is 1. The first-order valence-corrected chi connectivity index (χ1v) is 8.54. The summed E-state index contributed by atoms with van der Waals surface area (Å²) >= 11 is 8.07. The van der Waals surface area contributed by atoms with Gasteiger partial charge in [-0.1, -0.05) is 11.6 Å². The predicted octanol–water partition coefficient (Wildman–Crippen LogP) is 2.91. The maximum Gasteiger partial charge on any atom is 0.191 e. The van der Waals surface area contributed by atoms with Crippen molar-refractivity contribution >= 4 is 29.3 Å². The number of nitrogens with one attached hydrogen (secondary N) is 2. The van der Waals surface area contributed by atoms with Crippen LogP contribution in [0.25, 0.3) is 0 Å². The molecule has 1 aromatic carbocycles. The first kappa shape index (κ1) is 16.3. The third-order valence-corrected chi connectivity index (χ3v) is 5.07. The number of nitrogens with zero attached hydrogens (tertiary/aromatic N) is 1. The molecule has 0 bridgehead atoms. The van der Waals surface area contributed by atoms with Crippen LogP contribution in [0.3, 0.4) is 0 Å². The van der Waals surface area contributed by atoms with Crippen LogP contribution in [0.5, 0.6) is 5.75 Å². The minimum absolute atomic E-state index is 0.626. The Balaban J connectivity index is 1.86. The fourth-order valence-electron chi connectivity index (χ4n) is 2.30. The van der Waals surface area contributed by atoms with Crippen molar-refractivity contribution in [1.29, 1.82) is 0 Å². The van der Waals surface area contributed by atoms with Gasteiger partial charge in [-0.25, -0.2) is 0 Å². The second kappa shape index (κ2) is 8.39. The van der Waals surface area contributed by atoms with Crippen molar-refractivity contribution in [3.8, 4) is 5.75 Å². The fraction of sp³-hybridized carbons (Fsp3) is 0.533. The summed E-state index contributed by atoms with van der Waals surface area (Å²) in [4.78, 5) is 4.25. The number of methoxy groups -OCH3 is 1. The van der Waals surface area contributed by atoms with Crippen molar-refractivity contribution in [2.75, 3.05) is 26.5 Å². The second-order valence-electron chi connectivity index (χ2n) is 4.90. The van der Waals surface area contributed by atoms with Crippen LogP contribution in [0.2, 0.25) is 5.02 Å².